The van der Waals surface area contributed by atoms with Crippen molar-refractivity contribution in [3.63, 3.8) is 0 Å². The normalized spacial score (nSPS) is 14.7. The van der Waals surface area contributed by atoms with Gasteiger partial charge in [0.15, 0.2) is 6.23 Å². The summed E-state index contributed by atoms with van der Waals surface area (Å²) in [6.45, 7) is 6.48. The number of nitrogens with one attached hydrogen (secondary N) is 1. The van der Waals surface area contributed by atoms with Crippen molar-refractivity contribution in [3.05, 3.63) is 53.1 Å². The Hall–Kier alpha value is -3.06. The summed E-state index contributed by atoms with van der Waals surface area (Å²) in [7, 11) is 1.62. The van der Waals surface area contributed by atoms with E-state index in [1.807, 2.05) is 51.1 Å². The van der Waals surface area contributed by atoms with E-state index in [0.29, 0.717) is 42.1 Å². The van der Waals surface area contributed by atoms with Gasteiger partial charge >= 0.3 is 0 Å². The number of methoxy groups -OCH3 is 1. The minimum Gasteiger partial charge on any atom is -0.488 e. The Kier molecular flexibility index (Phi) is 7.75. The first kappa shape index (κ1) is 23.6. The maximum Gasteiger partial charge on any atom is 0.249 e. The second-order valence-corrected chi connectivity index (χ2v) is 8.23. The Balaban J connectivity index is 2.25. The molecule has 2 amide bonds. The molecule has 0 spiro atoms. The van der Waals surface area contributed by atoms with Crippen LogP contribution in [0.25, 0.3) is 0 Å². The molecule has 0 radical (unpaired) electrons. The molecule has 3 N–H and O–H groups in total. The van der Waals surface area contributed by atoms with Crippen molar-refractivity contribution in [2.75, 3.05) is 23.9 Å². The number of anilines is 2. The zero-order chi connectivity index (χ0) is 23.3. The van der Waals surface area contributed by atoms with Gasteiger partial charge in [-0.3, -0.25) is 9.59 Å². The molecule has 7 heteroatoms. The molecule has 1 fully saturated rings. The van der Waals surface area contributed by atoms with Crippen LogP contribution < -0.4 is 20.7 Å². The number of amides is 2. The second kappa shape index (κ2) is 10.5. The SMILES string of the molecule is CCCc1c(C(N)=O)cc(N2CCCC2=O)c(NC(OC)c2ccccc2)c1OC(C)C. The van der Waals surface area contributed by atoms with E-state index in [0.717, 1.165) is 24.0 Å². The molecule has 1 aliphatic heterocycles. The van der Waals surface area contributed by atoms with Gasteiger partial charge in [0, 0.05) is 36.8 Å². The van der Waals surface area contributed by atoms with Gasteiger partial charge < -0.3 is 25.4 Å². The lowest BCUT2D eigenvalue weighted by Gasteiger charge is -2.29. The topological polar surface area (TPSA) is 93.9 Å². The number of ether oxygens (including phenoxy) is 2. The molecule has 0 saturated carbocycles. The summed E-state index contributed by atoms with van der Waals surface area (Å²) in [5.74, 6) is 0.0228. The number of nitrogens with zero attached hydrogens (tertiary/aromatic N) is 1. The summed E-state index contributed by atoms with van der Waals surface area (Å²) in [4.78, 5) is 26.8. The number of carbonyl (C=O) groups is 2. The first-order valence-electron chi connectivity index (χ1n) is 11.2. The van der Waals surface area contributed by atoms with Crippen LogP contribution in [0.1, 0.15) is 67.7 Å². The lowest BCUT2D eigenvalue weighted by atomic mass is 9.97. The fraction of sp³-hybridized carbons (Fsp3) is 0.440. The highest BCUT2D eigenvalue weighted by atomic mass is 16.5. The Morgan fingerprint density at radius 1 is 1.25 bits per heavy atom. The average molecular weight is 440 g/mol. The monoisotopic (exact) mass is 439 g/mol. The molecule has 0 aromatic heterocycles. The molecule has 1 saturated heterocycles. The van der Waals surface area contributed by atoms with Crippen LogP contribution in [0.5, 0.6) is 5.75 Å². The van der Waals surface area contributed by atoms with Crippen LogP contribution in [0.2, 0.25) is 0 Å². The number of hydrogen-bond donors (Lipinski definition) is 2. The predicted molar refractivity (Wildman–Crippen MR) is 126 cm³/mol. The summed E-state index contributed by atoms with van der Waals surface area (Å²) in [5, 5.41) is 3.46. The number of nitrogens with two attached hydrogens (primary N) is 1. The van der Waals surface area contributed by atoms with Gasteiger partial charge in [0.1, 0.15) is 11.4 Å². The third-order valence-electron chi connectivity index (χ3n) is 5.46. The van der Waals surface area contributed by atoms with E-state index in [1.54, 1.807) is 18.1 Å². The van der Waals surface area contributed by atoms with Crippen LogP contribution in [0, 0.1) is 0 Å². The number of rotatable bonds is 10. The summed E-state index contributed by atoms with van der Waals surface area (Å²) in [6.07, 6.45) is 2.03. The Morgan fingerprint density at radius 3 is 2.50 bits per heavy atom. The molecule has 3 rings (SSSR count). The van der Waals surface area contributed by atoms with E-state index in [2.05, 4.69) is 5.32 Å². The molecular weight excluding hydrogens is 406 g/mol. The van der Waals surface area contributed by atoms with Gasteiger partial charge in [0.2, 0.25) is 11.8 Å². The van der Waals surface area contributed by atoms with E-state index < -0.39 is 12.1 Å². The third kappa shape index (κ3) is 5.05. The smallest absolute Gasteiger partial charge is 0.249 e. The van der Waals surface area contributed by atoms with Gasteiger partial charge in [-0.05, 0) is 32.8 Å². The van der Waals surface area contributed by atoms with Crippen LogP contribution in [0.4, 0.5) is 11.4 Å². The van der Waals surface area contributed by atoms with Crippen molar-refractivity contribution in [2.45, 2.75) is 58.8 Å². The largest absolute Gasteiger partial charge is 0.488 e. The van der Waals surface area contributed by atoms with Gasteiger partial charge in [-0.15, -0.1) is 0 Å². The summed E-state index contributed by atoms with van der Waals surface area (Å²) >= 11 is 0. The molecule has 7 nitrogen and oxygen atoms in total. The lowest BCUT2D eigenvalue weighted by Crippen LogP contribution is -2.28. The first-order chi connectivity index (χ1) is 15.4. The van der Waals surface area contributed by atoms with Crippen molar-refractivity contribution >= 4 is 23.2 Å². The molecule has 2 aromatic carbocycles. The Morgan fingerprint density at radius 2 is 1.97 bits per heavy atom. The molecule has 32 heavy (non-hydrogen) atoms. The zero-order valence-electron chi connectivity index (χ0n) is 19.3. The molecule has 2 aromatic rings. The van der Waals surface area contributed by atoms with E-state index in [4.69, 9.17) is 15.2 Å². The predicted octanol–water partition coefficient (Wildman–Crippen LogP) is 4.41. The molecule has 1 heterocycles. The van der Waals surface area contributed by atoms with Gasteiger partial charge in [0.05, 0.1) is 11.8 Å². The molecule has 1 aliphatic rings. The van der Waals surface area contributed by atoms with Crippen LogP contribution in [0.3, 0.4) is 0 Å². The Bertz CT molecular complexity index is 959. The molecule has 1 unspecified atom stereocenters. The number of carbonyl (C=O) groups excluding carboxylic acids is 2. The lowest BCUT2D eigenvalue weighted by molar-refractivity contribution is -0.117. The van der Waals surface area contributed by atoms with Crippen LogP contribution in [0.15, 0.2) is 36.4 Å². The third-order valence-corrected chi connectivity index (χ3v) is 5.46. The van der Waals surface area contributed by atoms with Crippen LogP contribution in [-0.2, 0) is 16.0 Å². The number of benzene rings is 2. The molecule has 172 valence electrons. The first-order valence-corrected chi connectivity index (χ1v) is 11.2. The highest BCUT2D eigenvalue weighted by molar-refractivity contribution is 6.04. The maximum absolute atomic E-state index is 12.7. The van der Waals surface area contributed by atoms with Crippen LogP contribution >= 0.6 is 0 Å². The number of primary amides is 1. The van der Waals surface area contributed by atoms with Crippen molar-refractivity contribution < 1.29 is 19.1 Å². The highest BCUT2D eigenvalue weighted by Crippen LogP contribution is 2.44. The molecule has 1 atom stereocenters. The summed E-state index contributed by atoms with van der Waals surface area (Å²) in [6, 6.07) is 11.5. The standard InChI is InChI=1S/C25H33N3O4/c1-5-10-18-19(24(26)30)15-20(28-14-9-13-21(28)29)22(23(18)32-16(2)3)27-25(31-4)17-11-7-6-8-12-17/h6-8,11-12,15-16,25,27H,5,9-10,13-14H2,1-4H3,(H2,26,30). The maximum atomic E-state index is 12.7. The molecule has 0 bridgehead atoms. The average Bonchev–Trinajstić information content (AvgIpc) is 3.19. The van der Waals surface area contributed by atoms with Gasteiger partial charge in [-0.2, -0.15) is 0 Å². The van der Waals surface area contributed by atoms with Gasteiger partial charge in [-0.25, -0.2) is 0 Å². The molecular formula is C25H33N3O4. The van der Waals surface area contributed by atoms with Crippen molar-refractivity contribution in [1.82, 2.24) is 0 Å². The Labute approximate surface area is 189 Å². The minimum atomic E-state index is -0.534. The van der Waals surface area contributed by atoms with Gasteiger partial charge in [0.25, 0.3) is 0 Å². The van der Waals surface area contributed by atoms with Crippen molar-refractivity contribution in [2.24, 2.45) is 5.73 Å². The summed E-state index contributed by atoms with van der Waals surface area (Å²) in [5.41, 5.74) is 9.06. The second-order valence-electron chi connectivity index (χ2n) is 8.23. The number of hydrogen-bond acceptors (Lipinski definition) is 5. The van der Waals surface area contributed by atoms with E-state index in [1.165, 1.54) is 0 Å². The summed E-state index contributed by atoms with van der Waals surface area (Å²) < 4.78 is 12.0. The minimum absolute atomic E-state index is 0.0101. The zero-order valence-corrected chi connectivity index (χ0v) is 19.3. The van der Waals surface area contributed by atoms with E-state index >= 15 is 0 Å². The quantitative estimate of drug-likeness (QED) is 0.535. The van der Waals surface area contributed by atoms with Crippen LogP contribution in [-0.4, -0.2) is 31.6 Å². The molecule has 0 aliphatic carbocycles. The van der Waals surface area contributed by atoms with Gasteiger partial charge in [-0.1, -0.05) is 43.7 Å². The van der Waals surface area contributed by atoms with Crippen molar-refractivity contribution in [3.8, 4) is 5.75 Å². The van der Waals surface area contributed by atoms with E-state index in [-0.39, 0.29) is 12.0 Å². The fourth-order valence-electron chi connectivity index (χ4n) is 4.06. The van der Waals surface area contributed by atoms with E-state index in [9.17, 15) is 9.59 Å². The highest BCUT2D eigenvalue weighted by Gasteiger charge is 2.31. The fourth-order valence-corrected chi connectivity index (χ4v) is 4.06. The van der Waals surface area contributed by atoms with Crippen molar-refractivity contribution in [1.29, 1.82) is 0 Å².